The monoisotopic (exact) mass is 244 g/mol. The Morgan fingerprint density at radius 1 is 1.53 bits per heavy atom. The first-order chi connectivity index (χ1) is 7.09. The van der Waals surface area contributed by atoms with Crippen molar-refractivity contribution in [3.63, 3.8) is 0 Å². The highest BCUT2D eigenvalue weighted by Crippen LogP contribution is 2.17. The highest BCUT2D eigenvalue weighted by atomic mass is 35.5. The topological polar surface area (TPSA) is 42.0 Å². The van der Waals surface area contributed by atoms with Gasteiger partial charge in [0, 0.05) is 19.0 Å². The molecule has 3 nitrogen and oxygen atoms in total. The lowest BCUT2D eigenvalue weighted by atomic mass is 10.2. The number of rotatable bonds is 3. The van der Waals surface area contributed by atoms with Crippen LogP contribution in [-0.2, 0) is 4.79 Å². The van der Waals surface area contributed by atoms with Gasteiger partial charge < -0.3 is 5.32 Å². The molecule has 0 fully saturated rings. The fourth-order valence-electron chi connectivity index (χ4n) is 0.936. The van der Waals surface area contributed by atoms with Gasteiger partial charge in [-0.05, 0) is 12.1 Å². The predicted octanol–water partition coefficient (Wildman–Crippen LogP) is 2.54. The molecule has 1 aromatic heterocycles. The largest absolute Gasteiger partial charge is 0.353 e. The molecular weight excluding hydrogens is 235 g/mol. The molecule has 1 heterocycles. The minimum Gasteiger partial charge on any atom is -0.353 e. The van der Waals surface area contributed by atoms with Crippen molar-refractivity contribution in [3.05, 3.63) is 34.1 Å². The Hall–Kier alpha value is -1.06. The lowest BCUT2D eigenvalue weighted by Gasteiger charge is -1.98. The zero-order chi connectivity index (χ0) is 11.3. The summed E-state index contributed by atoms with van der Waals surface area (Å²) in [4.78, 5) is 14.4. The average Bonchev–Trinajstić information content (AvgIpc) is 2.14. The molecule has 5 heteroatoms. The summed E-state index contributed by atoms with van der Waals surface area (Å²) >= 11 is 11.5. The number of amides is 1. The second-order valence-electron chi connectivity index (χ2n) is 2.85. The second kappa shape index (κ2) is 5.73. The molecule has 0 aliphatic rings. The van der Waals surface area contributed by atoms with E-state index < -0.39 is 0 Å². The summed E-state index contributed by atoms with van der Waals surface area (Å²) in [6.45, 7) is 1.93. The van der Waals surface area contributed by atoms with Crippen molar-refractivity contribution in [2.75, 3.05) is 6.54 Å². The molecule has 0 aliphatic heterocycles. The highest BCUT2D eigenvalue weighted by Gasteiger charge is 1.98. The Labute approximate surface area is 98.1 Å². The standard InChI is InChI=1S/C10H10Cl2N2O/c1-7(15)13-6-2-3-8-4-5-9(11)14-10(8)12/h2-5H,6H2,1H3,(H,13,15). The molecule has 0 unspecified atom stereocenters. The van der Waals surface area contributed by atoms with Gasteiger partial charge in [0.25, 0.3) is 0 Å². The van der Waals surface area contributed by atoms with E-state index in [9.17, 15) is 4.79 Å². The first-order valence-corrected chi connectivity index (χ1v) is 5.08. The van der Waals surface area contributed by atoms with Crippen molar-refractivity contribution in [3.8, 4) is 0 Å². The van der Waals surface area contributed by atoms with Crippen LogP contribution in [0, 0.1) is 0 Å². The first-order valence-electron chi connectivity index (χ1n) is 4.32. The van der Waals surface area contributed by atoms with Crippen LogP contribution in [-0.4, -0.2) is 17.4 Å². The SMILES string of the molecule is CC(=O)NCC=Cc1ccc(Cl)nc1Cl. The van der Waals surface area contributed by atoms with Crippen LogP contribution in [0.1, 0.15) is 12.5 Å². The van der Waals surface area contributed by atoms with Crippen molar-refractivity contribution >= 4 is 35.2 Å². The smallest absolute Gasteiger partial charge is 0.217 e. The van der Waals surface area contributed by atoms with Gasteiger partial charge in [0.05, 0.1) is 0 Å². The van der Waals surface area contributed by atoms with Gasteiger partial charge in [-0.15, -0.1) is 0 Å². The van der Waals surface area contributed by atoms with Gasteiger partial charge in [0.15, 0.2) is 0 Å². The normalized spacial score (nSPS) is 10.6. The van der Waals surface area contributed by atoms with E-state index in [-0.39, 0.29) is 5.91 Å². The molecule has 0 saturated heterocycles. The maximum absolute atomic E-state index is 10.6. The summed E-state index contributed by atoms with van der Waals surface area (Å²) in [6, 6.07) is 3.42. The fourth-order valence-corrected chi connectivity index (χ4v) is 1.34. The maximum Gasteiger partial charge on any atom is 0.217 e. The van der Waals surface area contributed by atoms with Crippen molar-refractivity contribution in [2.45, 2.75) is 6.92 Å². The lowest BCUT2D eigenvalue weighted by Crippen LogP contribution is -2.19. The third-order valence-electron chi connectivity index (χ3n) is 1.61. The molecule has 1 aromatic rings. The molecule has 1 rings (SSSR count). The molecule has 0 aromatic carbocycles. The van der Waals surface area contributed by atoms with E-state index in [1.54, 1.807) is 24.3 Å². The average molecular weight is 245 g/mol. The minimum atomic E-state index is -0.0695. The molecule has 0 atom stereocenters. The van der Waals surface area contributed by atoms with Crippen LogP contribution in [0.3, 0.4) is 0 Å². The summed E-state index contributed by atoms with van der Waals surface area (Å²) in [5.74, 6) is -0.0695. The Balaban J connectivity index is 2.60. The zero-order valence-corrected chi connectivity index (χ0v) is 9.64. The van der Waals surface area contributed by atoms with Crippen molar-refractivity contribution in [1.29, 1.82) is 0 Å². The zero-order valence-electron chi connectivity index (χ0n) is 8.13. The lowest BCUT2D eigenvalue weighted by molar-refractivity contribution is -0.118. The number of carbonyl (C=O) groups excluding carboxylic acids is 1. The quantitative estimate of drug-likeness (QED) is 0.831. The summed E-state index contributed by atoms with van der Waals surface area (Å²) in [7, 11) is 0. The number of hydrogen-bond acceptors (Lipinski definition) is 2. The van der Waals surface area contributed by atoms with E-state index in [4.69, 9.17) is 23.2 Å². The molecule has 15 heavy (non-hydrogen) atoms. The van der Waals surface area contributed by atoms with E-state index in [0.717, 1.165) is 5.56 Å². The van der Waals surface area contributed by atoms with E-state index in [1.807, 2.05) is 0 Å². The van der Waals surface area contributed by atoms with Gasteiger partial charge in [-0.3, -0.25) is 4.79 Å². The van der Waals surface area contributed by atoms with Crippen molar-refractivity contribution < 1.29 is 4.79 Å². The number of nitrogens with one attached hydrogen (secondary N) is 1. The number of aromatic nitrogens is 1. The van der Waals surface area contributed by atoms with E-state index in [1.165, 1.54) is 6.92 Å². The summed E-state index contributed by atoms with van der Waals surface area (Å²) in [5.41, 5.74) is 0.770. The van der Waals surface area contributed by atoms with E-state index >= 15 is 0 Å². The Morgan fingerprint density at radius 2 is 2.27 bits per heavy atom. The number of carbonyl (C=O) groups is 1. The van der Waals surface area contributed by atoms with E-state index in [0.29, 0.717) is 16.9 Å². The number of pyridine rings is 1. The predicted molar refractivity (Wildman–Crippen MR) is 62.0 cm³/mol. The van der Waals surface area contributed by atoms with Gasteiger partial charge in [-0.2, -0.15) is 0 Å². The van der Waals surface area contributed by atoms with Crippen LogP contribution >= 0.6 is 23.2 Å². The van der Waals surface area contributed by atoms with Crippen LogP contribution in [0.15, 0.2) is 18.2 Å². The number of halogens is 2. The van der Waals surface area contributed by atoms with Crippen LogP contribution in [0.4, 0.5) is 0 Å². The number of nitrogens with zero attached hydrogens (tertiary/aromatic N) is 1. The third kappa shape index (κ3) is 4.32. The molecule has 0 spiro atoms. The van der Waals surface area contributed by atoms with Crippen LogP contribution in [0.25, 0.3) is 6.08 Å². The first kappa shape index (κ1) is 12.0. The molecular formula is C10H10Cl2N2O. The molecule has 0 radical (unpaired) electrons. The molecule has 1 amide bonds. The summed E-state index contributed by atoms with van der Waals surface area (Å²) in [5, 5.41) is 3.34. The molecule has 1 N–H and O–H groups in total. The Bertz CT molecular complexity index is 391. The van der Waals surface area contributed by atoms with Crippen molar-refractivity contribution in [2.24, 2.45) is 0 Å². The van der Waals surface area contributed by atoms with Crippen LogP contribution < -0.4 is 5.32 Å². The van der Waals surface area contributed by atoms with Gasteiger partial charge in [-0.1, -0.05) is 35.4 Å². The van der Waals surface area contributed by atoms with Crippen molar-refractivity contribution in [1.82, 2.24) is 10.3 Å². The van der Waals surface area contributed by atoms with Gasteiger partial charge >= 0.3 is 0 Å². The Kier molecular flexibility index (Phi) is 4.59. The second-order valence-corrected chi connectivity index (χ2v) is 3.60. The maximum atomic E-state index is 10.6. The van der Waals surface area contributed by atoms with Gasteiger partial charge in [0.1, 0.15) is 10.3 Å². The highest BCUT2D eigenvalue weighted by molar-refractivity contribution is 6.33. The molecule has 0 bridgehead atoms. The van der Waals surface area contributed by atoms with Gasteiger partial charge in [-0.25, -0.2) is 4.98 Å². The molecule has 0 saturated carbocycles. The summed E-state index contributed by atoms with van der Waals surface area (Å²) < 4.78 is 0. The van der Waals surface area contributed by atoms with Gasteiger partial charge in [0.2, 0.25) is 5.91 Å². The number of hydrogen-bond donors (Lipinski definition) is 1. The summed E-state index contributed by atoms with van der Waals surface area (Å²) in [6.07, 6.45) is 3.57. The molecule has 0 aliphatic carbocycles. The van der Waals surface area contributed by atoms with E-state index in [2.05, 4.69) is 10.3 Å². The molecule has 80 valence electrons. The van der Waals surface area contributed by atoms with Crippen LogP contribution in [0.2, 0.25) is 10.3 Å². The Morgan fingerprint density at radius 3 is 2.87 bits per heavy atom. The minimum absolute atomic E-state index is 0.0695. The van der Waals surface area contributed by atoms with Crippen LogP contribution in [0.5, 0.6) is 0 Å². The third-order valence-corrected chi connectivity index (χ3v) is 2.12. The fraction of sp³-hybridized carbons (Fsp3) is 0.200.